The maximum atomic E-state index is 13.0. The molecule has 1 fully saturated rings. The summed E-state index contributed by atoms with van der Waals surface area (Å²) in [7, 11) is 0. The Kier molecular flexibility index (Phi) is 6.81. The van der Waals surface area contributed by atoms with Crippen LogP contribution in [0.1, 0.15) is 48.3 Å². The lowest BCUT2D eigenvalue weighted by Gasteiger charge is -2.27. The highest BCUT2D eigenvalue weighted by molar-refractivity contribution is 6.24. The summed E-state index contributed by atoms with van der Waals surface area (Å²) in [5.41, 5.74) is 10.4. The van der Waals surface area contributed by atoms with Gasteiger partial charge >= 0.3 is 0 Å². The van der Waals surface area contributed by atoms with E-state index in [1.165, 1.54) is 4.42 Å². The number of halogens is 1. The maximum absolute atomic E-state index is 13.0. The summed E-state index contributed by atoms with van der Waals surface area (Å²) in [4.78, 5) is 17.9. The lowest BCUT2D eigenvalue weighted by atomic mass is 10.0. The number of ether oxygens (including phenoxy) is 1. The summed E-state index contributed by atoms with van der Waals surface area (Å²) in [6.07, 6.45) is 4.39. The third-order valence-electron chi connectivity index (χ3n) is 5.85. The van der Waals surface area contributed by atoms with Crippen LogP contribution >= 0.6 is 11.8 Å². The van der Waals surface area contributed by atoms with Gasteiger partial charge in [-0.3, -0.25) is 4.79 Å². The number of nitrogens with one attached hydrogen (secondary N) is 1. The first kappa shape index (κ1) is 22.4. The van der Waals surface area contributed by atoms with E-state index in [-0.39, 0.29) is 18.5 Å². The Morgan fingerprint density at radius 2 is 2.00 bits per heavy atom. The van der Waals surface area contributed by atoms with Crippen molar-refractivity contribution in [1.82, 2.24) is 19.2 Å². The number of hydrogen-bond acceptors (Lipinski definition) is 6. The largest absolute Gasteiger partial charge is 0.399 e. The molecular weight excluding hydrogens is 428 g/mol. The monoisotopic (exact) mass is 456 g/mol. The molecular formula is C23H29ClN6O2. The Bertz CT molecular complexity index is 1090. The number of aromatic nitrogens is 3. The molecule has 0 unspecified atom stereocenters. The molecule has 0 atom stereocenters. The molecule has 0 saturated carbocycles. The van der Waals surface area contributed by atoms with Crippen LogP contribution in [-0.2, 0) is 24.2 Å². The van der Waals surface area contributed by atoms with Crippen LogP contribution in [0.25, 0.3) is 11.0 Å². The number of rotatable bonds is 7. The molecule has 0 aliphatic carbocycles. The number of carbonyl (C=O) groups is 1. The Morgan fingerprint density at radius 1 is 1.28 bits per heavy atom. The van der Waals surface area contributed by atoms with Crippen molar-refractivity contribution in [2.45, 2.75) is 52.2 Å². The Morgan fingerprint density at radius 3 is 2.66 bits per heavy atom. The van der Waals surface area contributed by atoms with Gasteiger partial charge in [0, 0.05) is 60.1 Å². The van der Waals surface area contributed by atoms with Crippen LogP contribution in [0.15, 0.2) is 30.5 Å². The molecule has 1 aliphatic heterocycles. The first-order valence-corrected chi connectivity index (χ1v) is 11.4. The van der Waals surface area contributed by atoms with E-state index in [9.17, 15) is 4.79 Å². The number of aryl methyl sites for hydroxylation is 2. The topological polar surface area (TPSA) is 98.3 Å². The molecule has 2 aromatic heterocycles. The quantitative estimate of drug-likeness (QED) is 0.412. The number of nitrogens with two attached hydrogens (primary N) is 1. The number of pyridine rings is 1. The number of nitrogens with zero attached hydrogens (tertiary/aromatic N) is 4. The molecule has 4 rings (SSSR count). The van der Waals surface area contributed by atoms with Crippen molar-refractivity contribution in [1.29, 1.82) is 0 Å². The van der Waals surface area contributed by atoms with E-state index in [0.29, 0.717) is 17.7 Å². The van der Waals surface area contributed by atoms with Gasteiger partial charge in [0.15, 0.2) is 5.65 Å². The summed E-state index contributed by atoms with van der Waals surface area (Å²) < 4.78 is 8.63. The highest BCUT2D eigenvalue weighted by atomic mass is 35.5. The molecule has 0 radical (unpaired) electrons. The summed E-state index contributed by atoms with van der Waals surface area (Å²) in [5.74, 6) is -0.282. The zero-order chi connectivity index (χ0) is 22.7. The molecule has 32 heavy (non-hydrogen) atoms. The second-order valence-electron chi connectivity index (χ2n) is 7.94. The fourth-order valence-electron chi connectivity index (χ4n) is 4.06. The van der Waals surface area contributed by atoms with Crippen molar-refractivity contribution in [2.75, 3.05) is 24.3 Å². The van der Waals surface area contributed by atoms with Crippen molar-refractivity contribution in [2.24, 2.45) is 0 Å². The number of anilines is 2. The maximum Gasteiger partial charge on any atom is 0.268 e. The lowest BCUT2D eigenvalue weighted by molar-refractivity contribution is 0.0857. The second-order valence-corrected chi connectivity index (χ2v) is 8.35. The SMILES string of the molecule is CCc1nc2c(cnn2CC)c(NC2CCOCC2)c1CN(Cl)C(=O)c1ccc(N)cc1. The van der Waals surface area contributed by atoms with E-state index in [0.717, 1.165) is 60.6 Å². The predicted molar refractivity (Wildman–Crippen MR) is 127 cm³/mol. The smallest absolute Gasteiger partial charge is 0.268 e. The number of fused-ring (bicyclic) bond motifs is 1. The minimum absolute atomic E-state index is 0.222. The molecule has 8 nitrogen and oxygen atoms in total. The van der Waals surface area contributed by atoms with Crippen molar-refractivity contribution < 1.29 is 9.53 Å². The zero-order valence-electron chi connectivity index (χ0n) is 18.5. The fourth-order valence-corrected chi connectivity index (χ4v) is 4.27. The summed E-state index contributed by atoms with van der Waals surface area (Å²) in [5, 5.41) is 9.17. The van der Waals surface area contributed by atoms with Gasteiger partial charge in [-0.2, -0.15) is 5.10 Å². The average Bonchev–Trinajstić information content (AvgIpc) is 3.23. The Hall–Kier alpha value is -2.84. The van der Waals surface area contributed by atoms with Crippen molar-refractivity contribution in [3.8, 4) is 0 Å². The van der Waals surface area contributed by atoms with E-state index in [4.69, 9.17) is 27.2 Å². The average molecular weight is 457 g/mol. The minimum atomic E-state index is -0.282. The number of hydrogen-bond donors (Lipinski definition) is 2. The third-order valence-corrected chi connectivity index (χ3v) is 6.12. The number of nitrogen functional groups attached to an aromatic ring is 1. The molecule has 0 spiro atoms. The number of amides is 1. The minimum Gasteiger partial charge on any atom is -0.399 e. The van der Waals surface area contributed by atoms with Gasteiger partial charge in [0.2, 0.25) is 0 Å². The molecule has 1 aliphatic rings. The molecule has 1 saturated heterocycles. The van der Waals surface area contributed by atoms with Crippen LogP contribution < -0.4 is 11.1 Å². The van der Waals surface area contributed by atoms with Crippen LogP contribution in [0.3, 0.4) is 0 Å². The lowest BCUT2D eigenvalue weighted by Crippen LogP contribution is -2.29. The van der Waals surface area contributed by atoms with E-state index in [1.54, 1.807) is 24.3 Å². The van der Waals surface area contributed by atoms with E-state index in [2.05, 4.69) is 17.3 Å². The van der Waals surface area contributed by atoms with Crippen LogP contribution in [-0.4, -0.2) is 44.3 Å². The summed E-state index contributed by atoms with van der Waals surface area (Å²) >= 11 is 6.52. The first-order valence-electron chi connectivity index (χ1n) is 11.1. The summed E-state index contributed by atoms with van der Waals surface area (Å²) in [6, 6.07) is 7.03. The predicted octanol–water partition coefficient (Wildman–Crippen LogP) is 3.98. The van der Waals surface area contributed by atoms with E-state index >= 15 is 0 Å². The molecule has 1 aromatic carbocycles. The van der Waals surface area contributed by atoms with Crippen LogP contribution in [0, 0.1) is 0 Å². The highest BCUT2D eigenvalue weighted by Gasteiger charge is 2.24. The van der Waals surface area contributed by atoms with Gasteiger partial charge in [0.25, 0.3) is 5.91 Å². The van der Waals surface area contributed by atoms with E-state index < -0.39 is 0 Å². The molecule has 3 N–H and O–H groups in total. The van der Waals surface area contributed by atoms with Crippen LogP contribution in [0.5, 0.6) is 0 Å². The fraction of sp³-hybridized carbons (Fsp3) is 0.435. The van der Waals surface area contributed by atoms with Gasteiger partial charge in [-0.05, 0) is 50.5 Å². The van der Waals surface area contributed by atoms with Gasteiger partial charge < -0.3 is 15.8 Å². The van der Waals surface area contributed by atoms with Gasteiger partial charge in [0.1, 0.15) is 0 Å². The van der Waals surface area contributed by atoms with Crippen molar-refractivity contribution in [3.63, 3.8) is 0 Å². The van der Waals surface area contributed by atoms with Gasteiger partial charge in [0.05, 0.1) is 23.8 Å². The molecule has 9 heteroatoms. The molecule has 0 bridgehead atoms. The molecule has 3 aromatic rings. The zero-order valence-corrected chi connectivity index (χ0v) is 19.2. The Labute approximate surface area is 192 Å². The van der Waals surface area contributed by atoms with Crippen molar-refractivity contribution >= 4 is 40.1 Å². The number of benzene rings is 1. The van der Waals surface area contributed by atoms with Gasteiger partial charge in [-0.25, -0.2) is 14.1 Å². The first-order chi connectivity index (χ1) is 15.5. The van der Waals surface area contributed by atoms with Crippen LogP contribution in [0.2, 0.25) is 0 Å². The van der Waals surface area contributed by atoms with Gasteiger partial charge in [-0.15, -0.1) is 0 Å². The molecule has 1 amide bonds. The van der Waals surface area contributed by atoms with E-state index in [1.807, 2.05) is 17.8 Å². The number of carbonyl (C=O) groups excluding carboxylic acids is 1. The van der Waals surface area contributed by atoms with Gasteiger partial charge in [-0.1, -0.05) is 6.92 Å². The highest BCUT2D eigenvalue weighted by Crippen LogP contribution is 2.32. The third kappa shape index (κ3) is 4.52. The normalized spacial score (nSPS) is 14.6. The van der Waals surface area contributed by atoms with Crippen molar-refractivity contribution in [3.05, 3.63) is 47.3 Å². The Balaban J connectivity index is 1.73. The standard InChI is InChI=1S/C23H29ClN6O2/c1-3-20-19(14-29(24)23(31)15-5-7-16(25)8-6-15)21(27-17-9-11-32-12-10-17)18-13-26-30(4-2)22(18)28-20/h5-8,13,17H,3-4,9-12,14,25H2,1-2H3,(H,27,28). The molecule has 170 valence electrons. The second kappa shape index (κ2) is 9.75. The van der Waals surface area contributed by atoms with Crippen LogP contribution in [0.4, 0.5) is 11.4 Å². The summed E-state index contributed by atoms with van der Waals surface area (Å²) in [6.45, 7) is 6.52. The molecule has 3 heterocycles.